The van der Waals surface area contributed by atoms with E-state index in [0.717, 1.165) is 24.7 Å². The molecule has 1 saturated heterocycles. The Morgan fingerprint density at radius 3 is 2.95 bits per heavy atom. The summed E-state index contributed by atoms with van der Waals surface area (Å²) in [6.07, 6.45) is 1.48. The molecule has 100 valence electrons. The first-order chi connectivity index (χ1) is 9.11. The van der Waals surface area contributed by atoms with Crippen LogP contribution >= 0.6 is 22.9 Å². The average Bonchev–Trinajstić information content (AvgIpc) is 2.91. The van der Waals surface area contributed by atoms with Crippen molar-refractivity contribution in [3.05, 3.63) is 33.2 Å². The number of halogens is 1. The van der Waals surface area contributed by atoms with E-state index in [1.807, 2.05) is 11.4 Å². The molecule has 0 amide bonds. The molecule has 0 bridgehead atoms. The third-order valence-electron chi connectivity index (χ3n) is 3.04. The van der Waals surface area contributed by atoms with Crippen molar-refractivity contribution in [1.29, 1.82) is 0 Å². The van der Waals surface area contributed by atoms with Crippen molar-refractivity contribution >= 4 is 28.9 Å². The molecule has 1 aliphatic rings. The Morgan fingerprint density at radius 2 is 2.37 bits per heavy atom. The fourth-order valence-corrected chi connectivity index (χ4v) is 3.16. The van der Waals surface area contributed by atoms with Gasteiger partial charge in [-0.3, -0.25) is 4.90 Å². The predicted molar refractivity (Wildman–Crippen MR) is 70.6 cm³/mol. The van der Waals surface area contributed by atoms with Gasteiger partial charge in [-0.15, -0.1) is 16.4 Å². The molecule has 0 unspecified atom stereocenters. The second-order valence-corrected chi connectivity index (χ2v) is 5.90. The Hall–Kier alpha value is -1.44. The zero-order chi connectivity index (χ0) is 13.4. The van der Waals surface area contributed by atoms with E-state index in [9.17, 15) is 4.79 Å². The van der Waals surface area contributed by atoms with E-state index >= 15 is 0 Å². The molecule has 2 aromatic heterocycles. The van der Waals surface area contributed by atoms with Gasteiger partial charge in [-0.1, -0.05) is 16.8 Å². The van der Waals surface area contributed by atoms with Crippen molar-refractivity contribution in [2.45, 2.75) is 12.6 Å². The maximum atomic E-state index is 10.7. The van der Waals surface area contributed by atoms with Gasteiger partial charge in [0.1, 0.15) is 0 Å². The highest BCUT2D eigenvalue weighted by atomic mass is 35.5. The number of likely N-dealkylation sites (tertiary alicyclic amines) is 1. The molecule has 8 heteroatoms. The Labute approximate surface area is 118 Å². The van der Waals surface area contributed by atoms with Gasteiger partial charge in [-0.25, -0.2) is 9.48 Å². The highest BCUT2D eigenvalue weighted by Crippen LogP contribution is 2.26. The van der Waals surface area contributed by atoms with Crippen molar-refractivity contribution in [3.63, 3.8) is 0 Å². The molecule has 0 saturated carbocycles. The summed E-state index contributed by atoms with van der Waals surface area (Å²) in [7, 11) is 0. The number of carboxylic acid groups (broad SMARTS) is 1. The van der Waals surface area contributed by atoms with Gasteiger partial charge < -0.3 is 5.11 Å². The van der Waals surface area contributed by atoms with Crippen molar-refractivity contribution in [3.8, 4) is 0 Å². The minimum absolute atomic E-state index is 0.0107. The molecule has 0 atom stereocenters. The molecule has 1 N–H and O–H groups in total. The molecular formula is C11H11ClN4O2S. The Kier molecular flexibility index (Phi) is 3.26. The molecule has 2 aromatic rings. The lowest BCUT2D eigenvalue weighted by Crippen LogP contribution is -2.47. The topological polar surface area (TPSA) is 71.2 Å². The summed E-state index contributed by atoms with van der Waals surface area (Å²) < 4.78 is 1.63. The number of nitrogens with zero attached hydrogens (tertiary/aromatic N) is 4. The third kappa shape index (κ3) is 2.63. The SMILES string of the molecule is O=C(O)c1cn(C2CN(Cc3cc(Cl)cs3)C2)nn1. The first kappa shape index (κ1) is 12.6. The van der Waals surface area contributed by atoms with Crippen molar-refractivity contribution in [1.82, 2.24) is 19.9 Å². The van der Waals surface area contributed by atoms with Crippen molar-refractivity contribution in [2.24, 2.45) is 0 Å². The Morgan fingerprint density at radius 1 is 1.58 bits per heavy atom. The van der Waals surface area contributed by atoms with Crippen LogP contribution in [0.1, 0.15) is 21.4 Å². The van der Waals surface area contributed by atoms with E-state index in [4.69, 9.17) is 16.7 Å². The van der Waals surface area contributed by atoms with Crippen LogP contribution in [0.3, 0.4) is 0 Å². The molecule has 0 aromatic carbocycles. The fraction of sp³-hybridized carbons (Fsp3) is 0.364. The van der Waals surface area contributed by atoms with Crippen LogP contribution in [0, 0.1) is 0 Å². The third-order valence-corrected chi connectivity index (χ3v) is 4.31. The van der Waals surface area contributed by atoms with Gasteiger partial charge in [0.25, 0.3) is 0 Å². The molecule has 3 heterocycles. The number of rotatable bonds is 4. The van der Waals surface area contributed by atoms with Crippen LogP contribution in [0.4, 0.5) is 0 Å². The summed E-state index contributed by atoms with van der Waals surface area (Å²) in [5, 5.41) is 18.9. The van der Waals surface area contributed by atoms with Gasteiger partial charge >= 0.3 is 5.97 Å². The van der Waals surface area contributed by atoms with E-state index < -0.39 is 5.97 Å². The summed E-state index contributed by atoms with van der Waals surface area (Å²) in [5.41, 5.74) is -0.0107. The normalized spacial score (nSPS) is 16.5. The second kappa shape index (κ2) is 4.92. The second-order valence-electron chi connectivity index (χ2n) is 4.47. The quantitative estimate of drug-likeness (QED) is 0.931. The minimum Gasteiger partial charge on any atom is -0.476 e. The average molecular weight is 299 g/mol. The minimum atomic E-state index is -1.05. The molecule has 0 spiro atoms. The number of aromatic carboxylic acids is 1. The predicted octanol–water partition coefficient (Wildman–Crippen LogP) is 1.75. The smallest absolute Gasteiger partial charge is 0.358 e. The van der Waals surface area contributed by atoms with Crippen LogP contribution in [0.5, 0.6) is 0 Å². The lowest BCUT2D eigenvalue weighted by atomic mass is 10.1. The molecule has 0 radical (unpaired) electrons. The number of aromatic nitrogens is 3. The number of carboxylic acids is 1. The molecule has 0 aliphatic carbocycles. The van der Waals surface area contributed by atoms with E-state index in [-0.39, 0.29) is 11.7 Å². The van der Waals surface area contributed by atoms with Crippen LogP contribution in [-0.2, 0) is 6.54 Å². The van der Waals surface area contributed by atoms with Gasteiger partial charge in [0.05, 0.1) is 17.3 Å². The van der Waals surface area contributed by atoms with Crippen molar-refractivity contribution in [2.75, 3.05) is 13.1 Å². The van der Waals surface area contributed by atoms with Crippen molar-refractivity contribution < 1.29 is 9.90 Å². The van der Waals surface area contributed by atoms with E-state index in [1.165, 1.54) is 11.1 Å². The summed E-state index contributed by atoms with van der Waals surface area (Å²) in [6, 6.07) is 2.17. The number of hydrogen-bond acceptors (Lipinski definition) is 5. The summed E-state index contributed by atoms with van der Waals surface area (Å²) in [5.74, 6) is -1.05. The van der Waals surface area contributed by atoms with Gasteiger partial charge in [-0.05, 0) is 6.07 Å². The zero-order valence-corrected chi connectivity index (χ0v) is 11.4. The maximum absolute atomic E-state index is 10.7. The lowest BCUT2D eigenvalue weighted by molar-refractivity contribution is 0.0690. The zero-order valence-electron chi connectivity index (χ0n) is 9.86. The van der Waals surface area contributed by atoms with Crippen LogP contribution in [0.25, 0.3) is 0 Å². The fourth-order valence-electron chi connectivity index (χ4n) is 2.05. The van der Waals surface area contributed by atoms with Gasteiger partial charge in [0.15, 0.2) is 5.69 Å². The van der Waals surface area contributed by atoms with E-state index in [2.05, 4.69) is 15.2 Å². The molecule has 3 rings (SSSR count). The van der Waals surface area contributed by atoms with Gasteiger partial charge in [0, 0.05) is 29.9 Å². The molecular weight excluding hydrogens is 288 g/mol. The van der Waals surface area contributed by atoms with Gasteiger partial charge in [0.2, 0.25) is 0 Å². The highest BCUT2D eigenvalue weighted by molar-refractivity contribution is 7.10. The molecule has 19 heavy (non-hydrogen) atoms. The largest absolute Gasteiger partial charge is 0.476 e. The van der Waals surface area contributed by atoms with E-state index in [0.29, 0.717) is 0 Å². The Bertz CT molecular complexity index is 605. The number of hydrogen-bond donors (Lipinski definition) is 1. The van der Waals surface area contributed by atoms with Crippen LogP contribution in [-0.4, -0.2) is 44.1 Å². The lowest BCUT2D eigenvalue weighted by Gasteiger charge is -2.38. The molecule has 1 fully saturated rings. The molecule has 1 aliphatic heterocycles. The summed E-state index contributed by atoms with van der Waals surface area (Å²) in [6.45, 7) is 2.56. The van der Waals surface area contributed by atoms with Gasteiger partial charge in [-0.2, -0.15) is 0 Å². The summed E-state index contributed by atoms with van der Waals surface area (Å²) in [4.78, 5) is 14.2. The number of thiophene rings is 1. The first-order valence-electron chi connectivity index (χ1n) is 5.72. The monoisotopic (exact) mass is 298 g/mol. The van der Waals surface area contributed by atoms with Crippen LogP contribution in [0.15, 0.2) is 17.6 Å². The summed E-state index contributed by atoms with van der Waals surface area (Å²) >= 11 is 7.52. The Balaban J connectivity index is 1.55. The standard InChI is InChI=1S/C11H11ClN4O2S/c12-7-1-9(19-6-7)4-15-2-8(3-15)16-5-10(11(17)18)13-14-16/h1,5-6,8H,2-4H2,(H,17,18). The maximum Gasteiger partial charge on any atom is 0.358 e. The van der Waals surface area contributed by atoms with E-state index in [1.54, 1.807) is 16.0 Å². The molecule has 6 nitrogen and oxygen atoms in total. The van der Waals surface area contributed by atoms with Crippen LogP contribution in [0.2, 0.25) is 5.02 Å². The highest BCUT2D eigenvalue weighted by Gasteiger charge is 2.29. The number of carbonyl (C=O) groups is 1. The van der Waals surface area contributed by atoms with Crippen LogP contribution < -0.4 is 0 Å². The first-order valence-corrected chi connectivity index (χ1v) is 6.98.